The Balaban J connectivity index is 1.59. The Bertz CT molecular complexity index is 819. The van der Waals surface area contributed by atoms with Crippen molar-refractivity contribution in [1.82, 2.24) is 9.88 Å². The first-order chi connectivity index (χ1) is 14.0. The molecule has 0 bridgehead atoms. The number of aromatic nitrogens is 1. The molecule has 1 atom stereocenters. The number of nitrogens with zero attached hydrogens (tertiary/aromatic N) is 4. The van der Waals surface area contributed by atoms with Crippen LogP contribution in [0.2, 0.25) is 0 Å². The van der Waals surface area contributed by atoms with E-state index < -0.39 is 0 Å². The zero-order valence-corrected chi connectivity index (χ0v) is 17.5. The van der Waals surface area contributed by atoms with Gasteiger partial charge in [-0.2, -0.15) is 0 Å². The lowest BCUT2D eigenvalue weighted by Crippen LogP contribution is -2.36. The van der Waals surface area contributed by atoms with Crippen molar-refractivity contribution in [2.24, 2.45) is 5.92 Å². The SMILES string of the molecule is CCN(CC)c1ccc(N2CC(C(=O)N(C)CCc3ccncc3)CC2=O)cc1. The Kier molecular flexibility index (Phi) is 6.86. The predicted molar refractivity (Wildman–Crippen MR) is 116 cm³/mol. The van der Waals surface area contributed by atoms with E-state index in [0.717, 1.165) is 36.4 Å². The minimum absolute atomic E-state index is 0.0153. The molecule has 0 spiro atoms. The van der Waals surface area contributed by atoms with Crippen LogP contribution in [0.1, 0.15) is 25.8 Å². The zero-order valence-electron chi connectivity index (χ0n) is 17.5. The van der Waals surface area contributed by atoms with Crippen LogP contribution in [-0.4, -0.2) is 54.9 Å². The highest BCUT2D eigenvalue weighted by Crippen LogP contribution is 2.28. The largest absolute Gasteiger partial charge is 0.372 e. The summed E-state index contributed by atoms with van der Waals surface area (Å²) in [6.45, 7) is 7.22. The number of carbonyl (C=O) groups is 2. The molecule has 6 heteroatoms. The summed E-state index contributed by atoms with van der Waals surface area (Å²) in [5, 5.41) is 0. The molecular weight excluding hydrogens is 364 g/mol. The number of hydrogen-bond acceptors (Lipinski definition) is 4. The molecule has 0 aliphatic carbocycles. The fraction of sp³-hybridized carbons (Fsp3) is 0.435. The minimum atomic E-state index is -0.285. The summed E-state index contributed by atoms with van der Waals surface area (Å²) in [6, 6.07) is 12.0. The molecule has 0 saturated carbocycles. The van der Waals surface area contributed by atoms with Crippen molar-refractivity contribution in [2.75, 3.05) is 43.0 Å². The van der Waals surface area contributed by atoms with Gasteiger partial charge in [0.1, 0.15) is 0 Å². The van der Waals surface area contributed by atoms with E-state index in [-0.39, 0.29) is 24.2 Å². The fourth-order valence-electron chi connectivity index (χ4n) is 3.82. The van der Waals surface area contributed by atoms with Gasteiger partial charge in [-0.1, -0.05) is 0 Å². The first-order valence-corrected chi connectivity index (χ1v) is 10.3. The van der Waals surface area contributed by atoms with E-state index in [0.29, 0.717) is 13.1 Å². The van der Waals surface area contributed by atoms with Gasteiger partial charge in [0.05, 0.1) is 5.92 Å². The number of hydrogen-bond donors (Lipinski definition) is 0. The van der Waals surface area contributed by atoms with Crippen molar-refractivity contribution < 1.29 is 9.59 Å². The van der Waals surface area contributed by atoms with Gasteiger partial charge in [-0.15, -0.1) is 0 Å². The van der Waals surface area contributed by atoms with E-state index in [4.69, 9.17) is 0 Å². The van der Waals surface area contributed by atoms with Crippen molar-refractivity contribution in [3.8, 4) is 0 Å². The minimum Gasteiger partial charge on any atom is -0.372 e. The Hall–Kier alpha value is -2.89. The van der Waals surface area contributed by atoms with Crippen molar-refractivity contribution >= 4 is 23.2 Å². The zero-order chi connectivity index (χ0) is 20.8. The monoisotopic (exact) mass is 394 g/mol. The molecule has 1 aromatic heterocycles. The Morgan fingerprint density at radius 3 is 2.38 bits per heavy atom. The molecule has 2 amide bonds. The highest BCUT2D eigenvalue weighted by atomic mass is 16.2. The second-order valence-corrected chi connectivity index (χ2v) is 7.46. The number of anilines is 2. The Morgan fingerprint density at radius 1 is 1.10 bits per heavy atom. The molecule has 1 fully saturated rings. The van der Waals surface area contributed by atoms with Gasteiger partial charge in [0.2, 0.25) is 11.8 Å². The molecule has 0 N–H and O–H groups in total. The number of pyridine rings is 1. The number of carbonyl (C=O) groups excluding carboxylic acids is 2. The molecule has 2 heterocycles. The van der Waals surface area contributed by atoms with Crippen LogP contribution in [0, 0.1) is 5.92 Å². The van der Waals surface area contributed by atoms with E-state index >= 15 is 0 Å². The highest BCUT2D eigenvalue weighted by molar-refractivity contribution is 6.00. The molecule has 1 unspecified atom stereocenters. The van der Waals surface area contributed by atoms with E-state index in [2.05, 4.69) is 23.7 Å². The number of rotatable bonds is 8. The van der Waals surface area contributed by atoms with E-state index in [9.17, 15) is 9.59 Å². The molecule has 29 heavy (non-hydrogen) atoms. The standard InChI is InChI=1S/C23H30N4O2/c1-4-26(5-2)20-6-8-21(9-7-20)27-17-19(16-22(27)28)23(29)25(3)15-12-18-10-13-24-14-11-18/h6-11,13-14,19H,4-5,12,15-17H2,1-3H3. The average Bonchev–Trinajstić information content (AvgIpc) is 3.15. The lowest BCUT2D eigenvalue weighted by Gasteiger charge is -2.23. The lowest BCUT2D eigenvalue weighted by molar-refractivity contribution is -0.134. The molecule has 6 nitrogen and oxygen atoms in total. The van der Waals surface area contributed by atoms with Gasteiger partial charge >= 0.3 is 0 Å². The van der Waals surface area contributed by atoms with Crippen molar-refractivity contribution in [1.29, 1.82) is 0 Å². The molecule has 1 saturated heterocycles. The maximum absolute atomic E-state index is 12.8. The molecule has 1 aliphatic rings. The molecule has 154 valence electrons. The van der Waals surface area contributed by atoms with E-state index in [1.165, 1.54) is 0 Å². The summed E-state index contributed by atoms with van der Waals surface area (Å²) >= 11 is 0. The number of likely N-dealkylation sites (N-methyl/N-ethyl adjacent to an activating group) is 1. The van der Waals surface area contributed by atoms with Crippen molar-refractivity contribution in [3.05, 3.63) is 54.4 Å². The van der Waals surface area contributed by atoms with Crippen molar-refractivity contribution in [2.45, 2.75) is 26.7 Å². The van der Waals surface area contributed by atoms with Crippen LogP contribution in [0.15, 0.2) is 48.8 Å². The summed E-state index contributed by atoms with van der Waals surface area (Å²) in [5.74, 6) is -0.233. The Morgan fingerprint density at radius 2 is 1.76 bits per heavy atom. The normalized spacial score (nSPS) is 16.2. The fourth-order valence-corrected chi connectivity index (χ4v) is 3.82. The third kappa shape index (κ3) is 4.94. The van der Waals surface area contributed by atoms with E-state index in [1.54, 1.807) is 22.2 Å². The first-order valence-electron chi connectivity index (χ1n) is 10.3. The molecule has 1 aromatic carbocycles. The molecule has 0 radical (unpaired) electrons. The van der Waals surface area contributed by atoms with Gasteiger partial charge in [0.15, 0.2) is 0 Å². The topological polar surface area (TPSA) is 56.8 Å². The van der Waals surface area contributed by atoms with Gasteiger partial charge in [-0.3, -0.25) is 14.6 Å². The van der Waals surface area contributed by atoms with Crippen molar-refractivity contribution in [3.63, 3.8) is 0 Å². The smallest absolute Gasteiger partial charge is 0.227 e. The third-order valence-electron chi connectivity index (χ3n) is 5.63. The van der Waals surface area contributed by atoms with Gasteiger partial charge in [0, 0.05) is 63.4 Å². The van der Waals surface area contributed by atoms with E-state index in [1.807, 2.05) is 43.4 Å². The summed E-state index contributed by atoms with van der Waals surface area (Å²) in [4.78, 5) is 35.2. The molecular formula is C23H30N4O2. The summed E-state index contributed by atoms with van der Waals surface area (Å²) < 4.78 is 0. The van der Waals surface area contributed by atoms with Gasteiger partial charge in [-0.05, 0) is 62.2 Å². The lowest BCUT2D eigenvalue weighted by atomic mass is 10.1. The maximum atomic E-state index is 12.8. The highest BCUT2D eigenvalue weighted by Gasteiger charge is 2.36. The van der Waals surface area contributed by atoms with Crippen LogP contribution in [0.3, 0.4) is 0 Å². The predicted octanol–water partition coefficient (Wildman–Crippen LogP) is 2.98. The molecule has 3 rings (SSSR count). The van der Waals surface area contributed by atoms with Gasteiger partial charge in [0.25, 0.3) is 0 Å². The van der Waals surface area contributed by atoms with Crippen LogP contribution in [0.4, 0.5) is 11.4 Å². The maximum Gasteiger partial charge on any atom is 0.227 e. The van der Waals surface area contributed by atoms with Crippen LogP contribution >= 0.6 is 0 Å². The summed E-state index contributed by atoms with van der Waals surface area (Å²) in [6.07, 6.45) is 4.57. The number of benzene rings is 1. The summed E-state index contributed by atoms with van der Waals surface area (Å²) in [7, 11) is 1.82. The third-order valence-corrected chi connectivity index (χ3v) is 5.63. The van der Waals surface area contributed by atoms with Crippen LogP contribution in [-0.2, 0) is 16.0 Å². The van der Waals surface area contributed by atoms with Crippen LogP contribution in [0.25, 0.3) is 0 Å². The van der Waals surface area contributed by atoms with Crippen LogP contribution in [0.5, 0.6) is 0 Å². The number of amides is 2. The Labute approximate surface area is 173 Å². The second-order valence-electron chi connectivity index (χ2n) is 7.46. The summed E-state index contributed by atoms with van der Waals surface area (Å²) in [5.41, 5.74) is 3.16. The second kappa shape index (κ2) is 9.54. The average molecular weight is 395 g/mol. The first kappa shape index (κ1) is 20.8. The van der Waals surface area contributed by atoms with Crippen LogP contribution < -0.4 is 9.80 Å². The molecule has 1 aliphatic heterocycles. The molecule has 2 aromatic rings. The van der Waals surface area contributed by atoms with Gasteiger partial charge < -0.3 is 14.7 Å². The van der Waals surface area contributed by atoms with Gasteiger partial charge in [-0.25, -0.2) is 0 Å². The quantitative estimate of drug-likeness (QED) is 0.691.